The van der Waals surface area contributed by atoms with Crippen LogP contribution in [-0.4, -0.2) is 6.10 Å². The van der Waals surface area contributed by atoms with E-state index >= 15 is 0 Å². The molecule has 1 aliphatic rings. The van der Waals surface area contributed by atoms with Crippen LogP contribution in [0.2, 0.25) is 0 Å². The molecule has 1 aliphatic heterocycles. The first-order valence-corrected chi connectivity index (χ1v) is 4.79. The number of rotatable bonds is 1. The summed E-state index contributed by atoms with van der Waals surface area (Å²) >= 11 is 5.16. The molecular formula is C7H7BrOS. The highest BCUT2D eigenvalue weighted by Crippen LogP contribution is 2.42. The van der Waals surface area contributed by atoms with E-state index in [0.717, 1.165) is 0 Å². The van der Waals surface area contributed by atoms with Gasteiger partial charge < -0.3 is 4.74 Å². The number of hydrogen-bond donors (Lipinski definition) is 0. The summed E-state index contributed by atoms with van der Waals surface area (Å²) < 4.78 is 6.49. The Morgan fingerprint density at radius 2 is 2.30 bits per heavy atom. The zero-order valence-corrected chi connectivity index (χ0v) is 7.91. The molecule has 2 heterocycles. The van der Waals surface area contributed by atoms with E-state index in [0.29, 0.717) is 12.2 Å². The van der Waals surface area contributed by atoms with Gasteiger partial charge in [0.25, 0.3) is 0 Å². The van der Waals surface area contributed by atoms with Gasteiger partial charge in [-0.2, -0.15) is 0 Å². The molecule has 0 radical (unpaired) electrons. The molecule has 0 amide bonds. The second-order valence-electron chi connectivity index (χ2n) is 2.40. The first-order chi connectivity index (χ1) is 4.77. The summed E-state index contributed by atoms with van der Waals surface area (Å²) in [6.07, 6.45) is 0.821. The predicted molar refractivity (Wildman–Crippen MR) is 45.3 cm³/mol. The van der Waals surface area contributed by atoms with Crippen LogP contribution >= 0.6 is 27.3 Å². The molecule has 2 atom stereocenters. The highest BCUT2D eigenvalue weighted by Gasteiger charge is 2.36. The summed E-state index contributed by atoms with van der Waals surface area (Å²) in [5.41, 5.74) is 0. The van der Waals surface area contributed by atoms with Crippen molar-refractivity contribution in [1.29, 1.82) is 0 Å². The van der Waals surface area contributed by atoms with Crippen molar-refractivity contribution in [3.63, 3.8) is 0 Å². The molecule has 2 unspecified atom stereocenters. The van der Waals surface area contributed by atoms with Gasteiger partial charge in [-0.3, -0.25) is 0 Å². The molecule has 0 bridgehead atoms. The SMILES string of the molecule is CC1OC1c1ccc(Br)s1. The normalized spacial score (nSPS) is 30.6. The minimum Gasteiger partial charge on any atom is -0.364 e. The molecule has 1 saturated heterocycles. The molecule has 0 spiro atoms. The van der Waals surface area contributed by atoms with Gasteiger partial charge in [-0.1, -0.05) is 0 Å². The van der Waals surface area contributed by atoms with E-state index in [1.165, 1.54) is 8.66 Å². The molecule has 1 aromatic heterocycles. The Bertz CT molecular complexity index is 246. The van der Waals surface area contributed by atoms with Crippen molar-refractivity contribution in [2.75, 3.05) is 0 Å². The topological polar surface area (TPSA) is 12.5 Å². The lowest BCUT2D eigenvalue weighted by atomic mass is 10.3. The Balaban J connectivity index is 2.20. The fourth-order valence-corrected chi connectivity index (χ4v) is 2.52. The van der Waals surface area contributed by atoms with E-state index in [-0.39, 0.29) is 0 Å². The Morgan fingerprint density at radius 3 is 2.70 bits per heavy atom. The van der Waals surface area contributed by atoms with Crippen LogP contribution in [-0.2, 0) is 4.74 Å². The number of halogens is 1. The molecule has 0 aromatic carbocycles. The molecule has 1 nitrogen and oxygen atoms in total. The molecule has 1 fully saturated rings. The molecule has 54 valence electrons. The van der Waals surface area contributed by atoms with E-state index in [2.05, 4.69) is 35.0 Å². The summed E-state index contributed by atoms with van der Waals surface area (Å²) in [5.74, 6) is 0. The van der Waals surface area contributed by atoms with Crippen molar-refractivity contribution in [1.82, 2.24) is 0 Å². The largest absolute Gasteiger partial charge is 0.364 e. The van der Waals surface area contributed by atoms with Crippen molar-refractivity contribution in [3.05, 3.63) is 20.8 Å². The lowest BCUT2D eigenvalue weighted by Crippen LogP contribution is -1.74. The van der Waals surface area contributed by atoms with Crippen LogP contribution in [0.1, 0.15) is 17.9 Å². The van der Waals surface area contributed by atoms with Crippen molar-refractivity contribution in [2.24, 2.45) is 0 Å². The third-order valence-corrected chi connectivity index (χ3v) is 3.27. The smallest absolute Gasteiger partial charge is 0.118 e. The third-order valence-electron chi connectivity index (χ3n) is 1.59. The summed E-state index contributed by atoms with van der Waals surface area (Å²) in [6, 6.07) is 4.18. The van der Waals surface area contributed by atoms with Gasteiger partial charge >= 0.3 is 0 Å². The van der Waals surface area contributed by atoms with Crippen LogP contribution in [0, 0.1) is 0 Å². The van der Waals surface area contributed by atoms with E-state index in [1.807, 2.05) is 0 Å². The van der Waals surface area contributed by atoms with Crippen LogP contribution in [0.4, 0.5) is 0 Å². The highest BCUT2D eigenvalue weighted by atomic mass is 79.9. The van der Waals surface area contributed by atoms with Gasteiger partial charge in [-0.15, -0.1) is 11.3 Å². The quantitative estimate of drug-likeness (QED) is 0.661. The zero-order valence-electron chi connectivity index (χ0n) is 5.50. The molecular weight excluding hydrogens is 212 g/mol. The molecule has 0 saturated carbocycles. The highest BCUT2D eigenvalue weighted by molar-refractivity contribution is 9.11. The Kier molecular flexibility index (Phi) is 1.59. The average Bonchev–Trinajstić information content (AvgIpc) is 2.42. The Morgan fingerprint density at radius 1 is 1.60 bits per heavy atom. The number of ether oxygens (including phenoxy) is 1. The molecule has 0 aliphatic carbocycles. The minimum absolute atomic E-state index is 0.385. The Hall–Kier alpha value is 0.140. The van der Waals surface area contributed by atoms with Gasteiger partial charge in [0.2, 0.25) is 0 Å². The zero-order chi connectivity index (χ0) is 7.14. The average molecular weight is 219 g/mol. The van der Waals surface area contributed by atoms with E-state index < -0.39 is 0 Å². The van der Waals surface area contributed by atoms with Crippen LogP contribution < -0.4 is 0 Å². The fraction of sp³-hybridized carbons (Fsp3) is 0.429. The number of hydrogen-bond acceptors (Lipinski definition) is 2. The van der Waals surface area contributed by atoms with Gasteiger partial charge in [0.1, 0.15) is 6.10 Å². The Labute approximate surface area is 72.1 Å². The van der Waals surface area contributed by atoms with Crippen molar-refractivity contribution in [3.8, 4) is 0 Å². The number of thiophene rings is 1. The van der Waals surface area contributed by atoms with Gasteiger partial charge in [-0.05, 0) is 35.0 Å². The lowest BCUT2D eigenvalue weighted by molar-refractivity contribution is 0.385. The summed E-state index contributed by atoms with van der Waals surface area (Å²) in [6.45, 7) is 2.10. The molecule has 3 heteroatoms. The standard InChI is InChI=1S/C7H7BrOS/c1-4-7(9-4)5-2-3-6(8)10-5/h2-4,7H,1H3. The summed E-state index contributed by atoms with van der Waals surface area (Å²) in [5, 5.41) is 0. The maximum absolute atomic E-state index is 5.31. The molecule has 0 N–H and O–H groups in total. The van der Waals surface area contributed by atoms with Crippen molar-refractivity contribution in [2.45, 2.75) is 19.1 Å². The third kappa shape index (κ3) is 1.13. The maximum Gasteiger partial charge on any atom is 0.118 e. The maximum atomic E-state index is 5.31. The second-order valence-corrected chi connectivity index (χ2v) is 4.90. The van der Waals surface area contributed by atoms with Crippen molar-refractivity contribution < 1.29 is 4.74 Å². The van der Waals surface area contributed by atoms with E-state index in [4.69, 9.17) is 4.74 Å². The van der Waals surface area contributed by atoms with E-state index in [9.17, 15) is 0 Å². The molecule has 1 aromatic rings. The van der Waals surface area contributed by atoms with Gasteiger partial charge in [0, 0.05) is 4.88 Å². The van der Waals surface area contributed by atoms with Crippen LogP contribution in [0.3, 0.4) is 0 Å². The van der Waals surface area contributed by atoms with Crippen LogP contribution in [0.15, 0.2) is 15.9 Å². The van der Waals surface area contributed by atoms with Gasteiger partial charge in [0.15, 0.2) is 0 Å². The van der Waals surface area contributed by atoms with Crippen LogP contribution in [0.25, 0.3) is 0 Å². The molecule has 2 rings (SSSR count). The fourth-order valence-electron chi connectivity index (χ4n) is 0.965. The first-order valence-electron chi connectivity index (χ1n) is 3.18. The summed E-state index contributed by atoms with van der Waals surface area (Å²) in [7, 11) is 0. The summed E-state index contributed by atoms with van der Waals surface area (Å²) in [4.78, 5) is 1.33. The number of epoxide rings is 1. The molecule has 10 heavy (non-hydrogen) atoms. The van der Waals surface area contributed by atoms with Gasteiger partial charge in [-0.25, -0.2) is 0 Å². The van der Waals surface area contributed by atoms with Gasteiger partial charge in [0.05, 0.1) is 9.89 Å². The predicted octanol–water partition coefficient (Wildman–Crippen LogP) is 2.97. The van der Waals surface area contributed by atoms with E-state index in [1.54, 1.807) is 11.3 Å². The lowest BCUT2D eigenvalue weighted by Gasteiger charge is -1.82. The van der Waals surface area contributed by atoms with Crippen molar-refractivity contribution >= 4 is 27.3 Å². The monoisotopic (exact) mass is 218 g/mol. The second kappa shape index (κ2) is 2.32. The first kappa shape index (κ1) is 6.83. The minimum atomic E-state index is 0.385. The van der Waals surface area contributed by atoms with Crippen LogP contribution in [0.5, 0.6) is 0 Å².